The van der Waals surface area contributed by atoms with E-state index in [0.717, 1.165) is 44.3 Å². The number of nitrogens with zero attached hydrogens (tertiary/aromatic N) is 2. The highest BCUT2D eigenvalue weighted by Gasteiger charge is 2.26. The van der Waals surface area contributed by atoms with Gasteiger partial charge in [0.1, 0.15) is 5.82 Å². The van der Waals surface area contributed by atoms with Crippen molar-refractivity contribution in [3.8, 4) is 0 Å². The van der Waals surface area contributed by atoms with Crippen LogP contribution in [0, 0.1) is 5.82 Å². The Bertz CT molecular complexity index is 881. The predicted octanol–water partition coefficient (Wildman–Crippen LogP) is 3.73. The van der Waals surface area contributed by atoms with Gasteiger partial charge in [0.25, 0.3) is 11.8 Å². The molecule has 0 aromatic heterocycles. The Balaban J connectivity index is 1.47. The van der Waals surface area contributed by atoms with E-state index in [-0.39, 0.29) is 23.7 Å². The molecule has 1 aliphatic heterocycles. The number of hydrogen-bond acceptors (Lipinski definition) is 4. The standard InChI is InChI=1S/C25H31FN4O2/c26-22-14-12-20(13-15-22)19-28-29-25(32)23(30-17-7-2-8-18-30)11-5-6-16-27-24(31)21-9-3-1-4-10-21/h1,3-4,9-10,12-15,19,23H,2,5-8,11,16-18H2,(H,27,31)(H,29,32)/b28-19+/t23-/m1/s1. The minimum absolute atomic E-state index is 0.0777. The fourth-order valence-corrected chi connectivity index (χ4v) is 3.86. The monoisotopic (exact) mass is 438 g/mol. The van der Waals surface area contributed by atoms with Gasteiger partial charge in [0, 0.05) is 12.1 Å². The molecule has 0 aliphatic carbocycles. The number of unbranched alkanes of at least 4 members (excludes halogenated alkanes) is 1. The van der Waals surface area contributed by atoms with E-state index in [1.807, 2.05) is 18.2 Å². The number of rotatable bonds is 10. The molecule has 2 amide bonds. The van der Waals surface area contributed by atoms with E-state index in [9.17, 15) is 14.0 Å². The highest BCUT2D eigenvalue weighted by atomic mass is 19.1. The Kier molecular flexibility index (Phi) is 9.37. The van der Waals surface area contributed by atoms with Crippen LogP contribution in [0.25, 0.3) is 0 Å². The van der Waals surface area contributed by atoms with E-state index < -0.39 is 0 Å². The van der Waals surface area contributed by atoms with Crippen molar-refractivity contribution in [1.82, 2.24) is 15.6 Å². The van der Waals surface area contributed by atoms with Crippen LogP contribution in [0.3, 0.4) is 0 Å². The maximum atomic E-state index is 13.0. The minimum atomic E-state index is -0.309. The van der Waals surface area contributed by atoms with Gasteiger partial charge in [0.2, 0.25) is 0 Å². The van der Waals surface area contributed by atoms with Crippen molar-refractivity contribution >= 4 is 18.0 Å². The molecule has 1 atom stereocenters. The molecular formula is C25H31FN4O2. The number of carbonyl (C=O) groups excluding carboxylic acids is 2. The van der Waals surface area contributed by atoms with Gasteiger partial charge in [-0.1, -0.05) is 36.8 Å². The van der Waals surface area contributed by atoms with Crippen molar-refractivity contribution in [2.24, 2.45) is 5.10 Å². The van der Waals surface area contributed by atoms with Crippen LogP contribution in [0.1, 0.15) is 54.4 Å². The molecule has 7 heteroatoms. The van der Waals surface area contributed by atoms with Gasteiger partial charge in [-0.3, -0.25) is 14.5 Å². The van der Waals surface area contributed by atoms with E-state index in [4.69, 9.17) is 0 Å². The first-order valence-electron chi connectivity index (χ1n) is 11.3. The number of hydrogen-bond donors (Lipinski definition) is 2. The fourth-order valence-electron chi connectivity index (χ4n) is 3.86. The van der Waals surface area contributed by atoms with Crippen molar-refractivity contribution in [2.75, 3.05) is 19.6 Å². The molecule has 3 rings (SSSR count). The van der Waals surface area contributed by atoms with Gasteiger partial charge in [-0.25, -0.2) is 9.82 Å². The van der Waals surface area contributed by atoms with Crippen molar-refractivity contribution in [3.63, 3.8) is 0 Å². The quantitative estimate of drug-likeness (QED) is 0.337. The summed E-state index contributed by atoms with van der Waals surface area (Å²) in [6.07, 6.45) is 7.23. The average molecular weight is 439 g/mol. The number of nitrogens with one attached hydrogen (secondary N) is 2. The zero-order valence-electron chi connectivity index (χ0n) is 18.3. The van der Waals surface area contributed by atoms with Crippen LogP contribution in [-0.4, -0.2) is 48.6 Å². The van der Waals surface area contributed by atoms with Crippen LogP contribution >= 0.6 is 0 Å². The lowest BCUT2D eigenvalue weighted by Gasteiger charge is -2.33. The third-order valence-corrected chi connectivity index (χ3v) is 5.62. The molecule has 6 nitrogen and oxygen atoms in total. The lowest BCUT2D eigenvalue weighted by Crippen LogP contribution is -2.47. The van der Waals surface area contributed by atoms with E-state index in [1.165, 1.54) is 24.8 Å². The van der Waals surface area contributed by atoms with Gasteiger partial charge in [-0.05, 0) is 75.0 Å². The second-order valence-corrected chi connectivity index (χ2v) is 8.02. The van der Waals surface area contributed by atoms with Crippen LogP contribution in [0.15, 0.2) is 59.7 Å². The molecule has 1 aliphatic rings. The Labute approximate surface area is 188 Å². The van der Waals surface area contributed by atoms with Crippen LogP contribution < -0.4 is 10.7 Å². The average Bonchev–Trinajstić information content (AvgIpc) is 2.83. The zero-order chi connectivity index (χ0) is 22.6. The summed E-state index contributed by atoms with van der Waals surface area (Å²) in [7, 11) is 0. The van der Waals surface area contributed by atoms with Gasteiger partial charge in [-0.15, -0.1) is 0 Å². The first-order valence-corrected chi connectivity index (χ1v) is 11.3. The van der Waals surface area contributed by atoms with Crippen LogP contribution in [0.5, 0.6) is 0 Å². The minimum Gasteiger partial charge on any atom is -0.352 e. The molecule has 0 spiro atoms. The smallest absolute Gasteiger partial charge is 0.257 e. The van der Waals surface area contributed by atoms with Crippen molar-refractivity contribution in [1.29, 1.82) is 0 Å². The first-order chi connectivity index (χ1) is 15.6. The summed E-state index contributed by atoms with van der Waals surface area (Å²) in [5, 5.41) is 6.99. The summed E-state index contributed by atoms with van der Waals surface area (Å²) >= 11 is 0. The Morgan fingerprint density at radius 2 is 1.72 bits per heavy atom. The van der Waals surface area contributed by atoms with Gasteiger partial charge < -0.3 is 5.32 Å². The van der Waals surface area contributed by atoms with Crippen LogP contribution in [0.2, 0.25) is 0 Å². The third-order valence-electron chi connectivity index (χ3n) is 5.62. The molecule has 0 radical (unpaired) electrons. The van der Waals surface area contributed by atoms with E-state index in [2.05, 4.69) is 20.7 Å². The molecule has 1 heterocycles. The number of piperidine rings is 1. The SMILES string of the molecule is O=C(NCCCC[C@H](C(=O)N/N=C/c1ccc(F)cc1)N1CCCCC1)c1ccccc1. The maximum Gasteiger partial charge on any atom is 0.257 e. The van der Waals surface area contributed by atoms with Gasteiger partial charge >= 0.3 is 0 Å². The Morgan fingerprint density at radius 3 is 2.44 bits per heavy atom. The number of hydrazone groups is 1. The molecule has 2 aromatic carbocycles. The maximum absolute atomic E-state index is 13.0. The molecular weight excluding hydrogens is 407 g/mol. The highest BCUT2D eigenvalue weighted by molar-refractivity contribution is 5.94. The van der Waals surface area contributed by atoms with Crippen molar-refractivity contribution in [3.05, 3.63) is 71.5 Å². The first kappa shape index (κ1) is 23.6. The summed E-state index contributed by atoms with van der Waals surface area (Å²) in [4.78, 5) is 27.2. The number of benzene rings is 2. The third kappa shape index (κ3) is 7.57. The normalized spacial score (nSPS) is 15.4. The predicted molar refractivity (Wildman–Crippen MR) is 124 cm³/mol. The molecule has 0 unspecified atom stereocenters. The number of carbonyl (C=O) groups is 2. The Hall–Kier alpha value is -3.06. The second kappa shape index (κ2) is 12.7. The summed E-state index contributed by atoms with van der Waals surface area (Å²) < 4.78 is 13.0. The molecule has 1 fully saturated rings. The molecule has 0 bridgehead atoms. The van der Waals surface area contributed by atoms with E-state index in [0.29, 0.717) is 18.5 Å². The van der Waals surface area contributed by atoms with Gasteiger partial charge in [-0.2, -0.15) is 5.10 Å². The number of likely N-dealkylation sites (tertiary alicyclic amines) is 1. The summed E-state index contributed by atoms with van der Waals surface area (Å²) in [6.45, 7) is 2.39. The largest absolute Gasteiger partial charge is 0.352 e. The fraction of sp³-hybridized carbons (Fsp3) is 0.400. The molecule has 170 valence electrons. The van der Waals surface area contributed by atoms with Crippen molar-refractivity contribution in [2.45, 2.75) is 44.6 Å². The number of halogens is 1. The molecule has 0 saturated carbocycles. The molecule has 2 aromatic rings. The lowest BCUT2D eigenvalue weighted by molar-refractivity contribution is -0.127. The summed E-state index contributed by atoms with van der Waals surface area (Å²) in [5.41, 5.74) is 4.02. The lowest BCUT2D eigenvalue weighted by atomic mass is 10.0. The van der Waals surface area contributed by atoms with Crippen molar-refractivity contribution < 1.29 is 14.0 Å². The van der Waals surface area contributed by atoms with Crippen LogP contribution in [0.4, 0.5) is 4.39 Å². The number of amides is 2. The van der Waals surface area contributed by atoms with Gasteiger partial charge in [0.05, 0.1) is 12.3 Å². The van der Waals surface area contributed by atoms with E-state index in [1.54, 1.807) is 24.3 Å². The Morgan fingerprint density at radius 1 is 1.00 bits per heavy atom. The molecule has 1 saturated heterocycles. The summed E-state index contributed by atoms with van der Waals surface area (Å²) in [5.74, 6) is -0.513. The molecule has 2 N–H and O–H groups in total. The highest BCUT2D eigenvalue weighted by Crippen LogP contribution is 2.16. The topological polar surface area (TPSA) is 73.8 Å². The summed E-state index contributed by atoms with van der Waals surface area (Å²) in [6, 6.07) is 14.8. The zero-order valence-corrected chi connectivity index (χ0v) is 18.3. The second-order valence-electron chi connectivity index (χ2n) is 8.02. The van der Waals surface area contributed by atoms with E-state index >= 15 is 0 Å². The molecule has 32 heavy (non-hydrogen) atoms. The van der Waals surface area contributed by atoms with Gasteiger partial charge in [0.15, 0.2) is 0 Å². The van der Waals surface area contributed by atoms with Crippen LogP contribution in [-0.2, 0) is 4.79 Å².